The third-order valence-corrected chi connectivity index (χ3v) is 4.91. The minimum absolute atomic E-state index is 0.194. The average molecular weight is 453 g/mol. The van der Waals surface area contributed by atoms with Crippen molar-refractivity contribution in [2.24, 2.45) is 0 Å². The average Bonchev–Trinajstić information content (AvgIpc) is 2.85. The Hall–Kier alpha value is -4.01. The molecule has 0 saturated carbocycles. The molecular weight excluding hydrogens is 426 g/mol. The van der Waals surface area contributed by atoms with Crippen molar-refractivity contribution in [3.05, 3.63) is 65.0 Å². The van der Waals surface area contributed by atoms with E-state index in [4.69, 9.17) is 18.9 Å². The Morgan fingerprint density at radius 2 is 1.61 bits per heavy atom. The van der Waals surface area contributed by atoms with E-state index in [0.29, 0.717) is 34.3 Å². The van der Waals surface area contributed by atoms with Crippen molar-refractivity contribution in [3.63, 3.8) is 0 Å². The monoisotopic (exact) mass is 453 g/mol. The van der Waals surface area contributed by atoms with Gasteiger partial charge in [-0.1, -0.05) is 0 Å². The minimum atomic E-state index is -0.713. The summed E-state index contributed by atoms with van der Waals surface area (Å²) in [5.41, 5.74) is 0.960. The van der Waals surface area contributed by atoms with E-state index in [9.17, 15) is 9.59 Å². The van der Waals surface area contributed by atoms with Crippen LogP contribution in [0, 0.1) is 0 Å². The molecule has 1 aromatic heterocycles. The molecule has 9 nitrogen and oxygen atoms in total. The van der Waals surface area contributed by atoms with Crippen LogP contribution < -0.4 is 29.8 Å². The molecular formula is C24H27N3O6. The Bertz CT molecular complexity index is 1140. The first-order chi connectivity index (χ1) is 15.9. The van der Waals surface area contributed by atoms with E-state index < -0.39 is 6.10 Å². The number of methoxy groups -OCH3 is 3. The zero-order valence-corrected chi connectivity index (χ0v) is 19.0. The largest absolute Gasteiger partial charge is 0.497 e. The number of aromatic nitrogens is 2. The summed E-state index contributed by atoms with van der Waals surface area (Å²) in [7, 11) is 4.71. The van der Waals surface area contributed by atoms with Crippen LogP contribution in [0.3, 0.4) is 0 Å². The molecule has 0 saturated heterocycles. The van der Waals surface area contributed by atoms with Crippen LogP contribution in [0.5, 0.6) is 23.0 Å². The Balaban J connectivity index is 1.63. The first-order valence-electron chi connectivity index (χ1n) is 10.3. The van der Waals surface area contributed by atoms with Gasteiger partial charge in [-0.25, -0.2) is 4.68 Å². The summed E-state index contributed by atoms with van der Waals surface area (Å²) < 4.78 is 22.7. The number of rotatable bonds is 10. The summed E-state index contributed by atoms with van der Waals surface area (Å²) in [4.78, 5) is 24.7. The Morgan fingerprint density at radius 1 is 0.939 bits per heavy atom. The number of amides is 1. The highest BCUT2D eigenvalue weighted by atomic mass is 16.5. The van der Waals surface area contributed by atoms with Gasteiger partial charge in [0.2, 0.25) is 0 Å². The van der Waals surface area contributed by atoms with Gasteiger partial charge in [-0.2, -0.15) is 5.10 Å². The lowest BCUT2D eigenvalue weighted by molar-refractivity contribution is -0.127. The summed E-state index contributed by atoms with van der Waals surface area (Å²) >= 11 is 0. The number of carbonyl (C=O) groups excluding carboxylic acids is 1. The number of hydrogen-bond acceptors (Lipinski definition) is 7. The smallest absolute Gasteiger partial charge is 0.266 e. The van der Waals surface area contributed by atoms with Crippen LogP contribution in [0.25, 0.3) is 11.3 Å². The first kappa shape index (κ1) is 23.6. The molecule has 0 bridgehead atoms. The summed E-state index contributed by atoms with van der Waals surface area (Å²) in [6.07, 6.45) is -0.713. The van der Waals surface area contributed by atoms with Crippen molar-refractivity contribution in [2.75, 3.05) is 27.9 Å². The molecule has 2 aromatic carbocycles. The lowest BCUT2D eigenvalue weighted by Gasteiger charge is -2.15. The SMILES string of the molecule is COc1ccc(OC(C)C(=O)NCCn2nc(-c3cc(OC)ccc3OC)ccc2=O)cc1. The van der Waals surface area contributed by atoms with E-state index in [2.05, 4.69) is 10.4 Å². The van der Waals surface area contributed by atoms with Crippen molar-refractivity contribution < 1.29 is 23.7 Å². The van der Waals surface area contributed by atoms with Crippen LogP contribution >= 0.6 is 0 Å². The number of benzene rings is 2. The van der Waals surface area contributed by atoms with E-state index in [1.807, 2.05) is 0 Å². The van der Waals surface area contributed by atoms with Crippen LogP contribution in [0.4, 0.5) is 0 Å². The van der Waals surface area contributed by atoms with Gasteiger partial charge in [0.15, 0.2) is 6.10 Å². The zero-order chi connectivity index (χ0) is 23.8. The number of nitrogens with zero attached hydrogens (tertiary/aromatic N) is 2. The van der Waals surface area contributed by atoms with Crippen LogP contribution in [-0.4, -0.2) is 49.7 Å². The molecule has 33 heavy (non-hydrogen) atoms. The Morgan fingerprint density at radius 3 is 2.27 bits per heavy atom. The molecule has 0 radical (unpaired) electrons. The quantitative estimate of drug-likeness (QED) is 0.503. The molecule has 3 aromatic rings. The molecule has 1 unspecified atom stereocenters. The maximum absolute atomic E-state index is 12.4. The van der Waals surface area contributed by atoms with Gasteiger partial charge in [0.25, 0.3) is 11.5 Å². The van der Waals surface area contributed by atoms with E-state index in [0.717, 1.165) is 0 Å². The lowest BCUT2D eigenvalue weighted by Crippen LogP contribution is -2.39. The van der Waals surface area contributed by atoms with Crippen LogP contribution in [0.15, 0.2) is 59.4 Å². The molecule has 1 amide bonds. The molecule has 0 spiro atoms. The second-order valence-electron chi connectivity index (χ2n) is 7.07. The fourth-order valence-electron chi connectivity index (χ4n) is 3.11. The zero-order valence-electron chi connectivity index (χ0n) is 19.0. The minimum Gasteiger partial charge on any atom is -0.497 e. The van der Waals surface area contributed by atoms with E-state index in [1.54, 1.807) is 76.8 Å². The van der Waals surface area contributed by atoms with Crippen molar-refractivity contribution >= 4 is 5.91 Å². The standard InChI is InChI=1S/C24H27N3O6/c1-16(33-18-7-5-17(30-2)6-8-18)24(29)25-13-14-27-23(28)12-10-21(26-27)20-15-19(31-3)9-11-22(20)32-4/h5-12,15-16H,13-14H2,1-4H3,(H,25,29). The molecule has 9 heteroatoms. The highest BCUT2D eigenvalue weighted by molar-refractivity contribution is 5.80. The first-order valence-corrected chi connectivity index (χ1v) is 10.3. The predicted molar refractivity (Wildman–Crippen MR) is 123 cm³/mol. The summed E-state index contributed by atoms with van der Waals surface area (Å²) in [6.45, 7) is 2.06. The Kier molecular flexibility index (Phi) is 7.91. The predicted octanol–water partition coefficient (Wildman–Crippen LogP) is 2.52. The second kappa shape index (κ2) is 11.0. The fraction of sp³-hybridized carbons (Fsp3) is 0.292. The van der Waals surface area contributed by atoms with Gasteiger partial charge in [0.05, 0.1) is 33.6 Å². The van der Waals surface area contributed by atoms with Gasteiger partial charge in [0.1, 0.15) is 23.0 Å². The topological polar surface area (TPSA) is 101 Å². The normalized spacial score (nSPS) is 11.4. The van der Waals surface area contributed by atoms with Gasteiger partial charge in [-0.05, 0) is 55.5 Å². The van der Waals surface area contributed by atoms with E-state index >= 15 is 0 Å². The summed E-state index contributed by atoms with van der Waals surface area (Å²) in [5.74, 6) is 2.20. The third kappa shape index (κ3) is 6.03. The van der Waals surface area contributed by atoms with Crippen molar-refractivity contribution in [3.8, 4) is 34.3 Å². The van der Waals surface area contributed by atoms with Crippen LogP contribution in [-0.2, 0) is 11.3 Å². The van der Waals surface area contributed by atoms with Crippen molar-refractivity contribution in [2.45, 2.75) is 19.6 Å². The highest BCUT2D eigenvalue weighted by Crippen LogP contribution is 2.31. The molecule has 0 aliphatic heterocycles. The van der Waals surface area contributed by atoms with Gasteiger partial charge >= 0.3 is 0 Å². The second-order valence-corrected chi connectivity index (χ2v) is 7.07. The maximum atomic E-state index is 12.4. The van der Waals surface area contributed by atoms with Gasteiger partial charge in [-0.3, -0.25) is 9.59 Å². The maximum Gasteiger partial charge on any atom is 0.266 e. The summed E-state index contributed by atoms with van der Waals surface area (Å²) in [5, 5.41) is 7.19. The van der Waals surface area contributed by atoms with Crippen molar-refractivity contribution in [1.29, 1.82) is 0 Å². The number of nitrogens with one attached hydrogen (secondary N) is 1. The van der Waals surface area contributed by atoms with Gasteiger partial charge in [-0.15, -0.1) is 0 Å². The van der Waals surface area contributed by atoms with Crippen LogP contribution in [0.1, 0.15) is 6.92 Å². The summed E-state index contributed by atoms with van der Waals surface area (Å²) in [6, 6.07) is 15.4. The van der Waals surface area contributed by atoms with E-state index in [1.165, 1.54) is 10.7 Å². The molecule has 174 valence electrons. The Labute approximate surface area is 191 Å². The number of hydrogen-bond donors (Lipinski definition) is 1. The molecule has 1 atom stereocenters. The highest BCUT2D eigenvalue weighted by Gasteiger charge is 2.15. The number of ether oxygens (including phenoxy) is 4. The molecule has 1 heterocycles. The molecule has 0 fully saturated rings. The van der Waals surface area contributed by atoms with E-state index in [-0.39, 0.29) is 24.6 Å². The third-order valence-electron chi connectivity index (χ3n) is 4.91. The molecule has 0 aliphatic carbocycles. The molecule has 3 rings (SSSR count). The van der Waals surface area contributed by atoms with Crippen LogP contribution in [0.2, 0.25) is 0 Å². The van der Waals surface area contributed by atoms with Gasteiger partial charge < -0.3 is 24.3 Å². The lowest BCUT2D eigenvalue weighted by atomic mass is 10.1. The van der Waals surface area contributed by atoms with Crippen molar-refractivity contribution in [1.82, 2.24) is 15.1 Å². The molecule has 1 N–H and O–H groups in total. The van der Waals surface area contributed by atoms with Gasteiger partial charge in [0, 0.05) is 18.2 Å². The number of carbonyl (C=O) groups is 1. The fourth-order valence-corrected chi connectivity index (χ4v) is 3.11. The molecule has 0 aliphatic rings.